The molecule has 0 aliphatic heterocycles. The van der Waals surface area contributed by atoms with Crippen LogP contribution in [0.3, 0.4) is 0 Å². The Morgan fingerprint density at radius 2 is 1.81 bits per heavy atom. The minimum Gasteiger partial charge on any atom is -0.493 e. The van der Waals surface area contributed by atoms with E-state index in [4.69, 9.17) is 21.1 Å². The van der Waals surface area contributed by atoms with Crippen molar-refractivity contribution in [2.75, 3.05) is 18.9 Å². The lowest BCUT2D eigenvalue weighted by Crippen LogP contribution is -2.14. The van der Waals surface area contributed by atoms with Crippen LogP contribution in [-0.2, 0) is 16.6 Å². The van der Waals surface area contributed by atoms with Gasteiger partial charge in [0.25, 0.3) is 10.0 Å². The lowest BCUT2D eigenvalue weighted by Gasteiger charge is -2.10. The number of ether oxygens (including phenoxy) is 2. The number of nitrogens with zero attached hydrogens (tertiary/aromatic N) is 2. The molecule has 142 valence electrons. The molecule has 9 heteroatoms. The molecule has 0 saturated carbocycles. The fraction of sp³-hybridized carbons (Fsp3) is 0.167. The summed E-state index contributed by atoms with van der Waals surface area (Å²) in [4.78, 5) is 0.0424. The Kier molecular flexibility index (Phi) is 5.57. The van der Waals surface area contributed by atoms with E-state index in [2.05, 4.69) is 9.82 Å². The van der Waals surface area contributed by atoms with Gasteiger partial charge in [-0.25, -0.2) is 8.42 Å². The van der Waals surface area contributed by atoms with Gasteiger partial charge in [-0.15, -0.1) is 0 Å². The van der Waals surface area contributed by atoms with Gasteiger partial charge >= 0.3 is 0 Å². The number of rotatable bonds is 7. The first-order chi connectivity index (χ1) is 12.9. The lowest BCUT2D eigenvalue weighted by molar-refractivity contribution is 0.354. The number of hydrogen-bond acceptors (Lipinski definition) is 5. The molecule has 1 N–H and O–H groups in total. The minimum absolute atomic E-state index is 0.0424. The van der Waals surface area contributed by atoms with Gasteiger partial charge in [-0.1, -0.05) is 29.8 Å². The second kappa shape index (κ2) is 7.89. The molecule has 0 spiro atoms. The molecule has 1 heterocycles. The largest absolute Gasteiger partial charge is 0.493 e. The number of methoxy groups -OCH3 is 2. The zero-order valence-corrected chi connectivity index (χ0v) is 16.3. The van der Waals surface area contributed by atoms with Gasteiger partial charge in [-0.2, -0.15) is 5.10 Å². The molecular weight excluding hydrogens is 390 g/mol. The topological polar surface area (TPSA) is 82.5 Å². The third kappa shape index (κ3) is 4.35. The highest BCUT2D eigenvalue weighted by Crippen LogP contribution is 2.30. The second-order valence-electron chi connectivity index (χ2n) is 5.61. The van der Waals surface area contributed by atoms with Crippen molar-refractivity contribution in [1.82, 2.24) is 9.78 Å². The van der Waals surface area contributed by atoms with Crippen molar-refractivity contribution in [1.29, 1.82) is 0 Å². The van der Waals surface area contributed by atoms with Crippen LogP contribution in [0, 0.1) is 0 Å². The molecule has 1 aromatic heterocycles. The van der Waals surface area contributed by atoms with Gasteiger partial charge in [0.2, 0.25) is 0 Å². The second-order valence-corrected chi connectivity index (χ2v) is 7.70. The third-order valence-corrected chi connectivity index (χ3v) is 5.56. The summed E-state index contributed by atoms with van der Waals surface area (Å²) in [6.45, 7) is 0.428. The Labute approximate surface area is 162 Å². The third-order valence-electron chi connectivity index (χ3n) is 3.84. The van der Waals surface area contributed by atoms with E-state index in [1.54, 1.807) is 23.0 Å². The molecule has 0 fully saturated rings. The van der Waals surface area contributed by atoms with Gasteiger partial charge in [0.05, 0.1) is 25.7 Å². The molecular formula is C18H18ClN3O4S. The Bertz CT molecular complexity index is 1050. The predicted octanol–water partition coefficient (Wildman–Crippen LogP) is 3.40. The van der Waals surface area contributed by atoms with Crippen LogP contribution in [0.25, 0.3) is 0 Å². The van der Waals surface area contributed by atoms with Crippen molar-refractivity contribution >= 4 is 27.4 Å². The van der Waals surface area contributed by atoms with Crippen molar-refractivity contribution in [3.63, 3.8) is 0 Å². The molecule has 0 amide bonds. The predicted molar refractivity (Wildman–Crippen MR) is 103 cm³/mol. The Hall–Kier alpha value is -2.71. The average Bonchev–Trinajstić information content (AvgIpc) is 3.09. The number of nitrogens with one attached hydrogen (secondary N) is 1. The molecule has 2 aromatic carbocycles. The van der Waals surface area contributed by atoms with Crippen LogP contribution < -0.4 is 14.2 Å². The first kappa shape index (κ1) is 19.1. The molecule has 0 radical (unpaired) electrons. The highest BCUT2D eigenvalue weighted by atomic mass is 35.5. The smallest absolute Gasteiger partial charge is 0.263 e. The van der Waals surface area contributed by atoms with Gasteiger partial charge in [0.15, 0.2) is 17.3 Å². The van der Waals surface area contributed by atoms with Crippen LogP contribution in [0.1, 0.15) is 5.56 Å². The lowest BCUT2D eigenvalue weighted by atomic mass is 10.2. The Balaban J connectivity index is 1.79. The van der Waals surface area contributed by atoms with Crippen LogP contribution in [0.2, 0.25) is 5.02 Å². The van der Waals surface area contributed by atoms with E-state index in [-0.39, 0.29) is 10.7 Å². The maximum atomic E-state index is 12.6. The molecule has 0 bridgehead atoms. The minimum atomic E-state index is -3.83. The fourth-order valence-electron chi connectivity index (χ4n) is 2.49. The van der Waals surface area contributed by atoms with Crippen LogP contribution in [-0.4, -0.2) is 32.4 Å². The van der Waals surface area contributed by atoms with Crippen molar-refractivity contribution in [2.45, 2.75) is 11.4 Å². The van der Waals surface area contributed by atoms with Gasteiger partial charge in [-0.05, 0) is 23.8 Å². The van der Waals surface area contributed by atoms with Crippen molar-refractivity contribution < 1.29 is 17.9 Å². The molecule has 27 heavy (non-hydrogen) atoms. The maximum absolute atomic E-state index is 12.6. The number of hydrogen-bond donors (Lipinski definition) is 1. The summed E-state index contributed by atoms with van der Waals surface area (Å²) in [6, 6.07) is 13.3. The average molecular weight is 408 g/mol. The maximum Gasteiger partial charge on any atom is 0.263 e. The van der Waals surface area contributed by atoms with Gasteiger partial charge in [0, 0.05) is 23.4 Å². The van der Waals surface area contributed by atoms with E-state index >= 15 is 0 Å². The van der Waals surface area contributed by atoms with Gasteiger partial charge in [-0.3, -0.25) is 9.40 Å². The number of aromatic nitrogens is 2. The summed E-state index contributed by atoms with van der Waals surface area (Å²) in [7, 11) is -0.901. The Morgan fingerprint density at radius 3 is 2.52 bits per heavy atom. The molecule has 3 aromatic rings. The highest BCUT2D eigenvalue weighted by molar-refractivity contribution is 7.92. The van der Waals surface area contributed by atoms with E-state index in [9.17, 15) is 8.42 Å². The molecule has 0 atom stereocenters. The standard InChI is InChI=1S/C18H18ClN3O4S/c1-25-16-8-7-14(11-17(16)26-2)27(23,24)21-18-9-10-22(20-18)12-13-5-3-4-6-15(13)19/h3-11H,12H2,1-2H3,(H,20,21). The number of halogens is 1. The van der Waals surface area contributed by atoms with E-state index in [1.807, 2.05) is 18.2 Å². The molecule has 0 aliphatic carbocycles. The SMILES string of the molecule is COc1ccc(S(=O)(=O)Nc2ccn(Cc3ccccc3Cl)n2)cc1OC. The summed E-state index contributed by atoms with van der Waals surface area (Å²) in [5.41, 5.74) is 0.886. The Morgan fingerprint density at radius 1 is 1.07 bits per heavy atom. The molecule has 0 saturated heterocycles. The fourth-order valence-corrected chi connectivity index (χ4v) is 3.69. The quantitative estimate of drug-likeness (QED) is 0.649. The summed E-state index contributed by atoms with van der Waals surface area (Å²) >= 11 is 6.15. The summed E-state index contributed by atoms with van der Waals surface area (Å²) < 4.78 is 39.6. The van der Waals surface area contributed by atoms with Gasteiger partial charge in [0.1, 0.15) is 0 Å². The summed E-state index contributed by atoms with van der Waals surface area (Å²) in [6.07, 6.45) is 1.68. The van der Waals surface area contributed by atoms with E-state index < -0.39 is 10.0 Å². The van der Waals surface area contributed by atoms with Crippen molar-refractivity contribution in [3.05, 3.63) is 65.3 Å². The molecule has 0 aliphatic rings. The first-order valence-electron chi connectivity index (χ1n) is 7.94. The van der Waals surface area contributed by atoms with Crippen molar-refractivity contribution in [2.24, 2.45) is 0 Å². The number of sulfonamides is 1. The van der Waals surface area contributed by atoms with E-state index in [1.165, 1.54) is 32.4 Å². The summed E-state index contributed by atoms with van der Waals surface area (Å²) in [5, 5.41) is 4.87. The number of benzene rings is 2. The monoisotopic (exact) mass is 407 g/mol. The number of anilines is 1. The first-order valence-corrected chi connectivity index (χ1v) is 9.81. The summed E-state index contributed by atoms with van der Waals surface area (Å²) in [5.74, 6) is 0.974. The van der Waals surface area contributed by atoms with E-state index in [0.717, 1.165) is 5.56 Å². The zero-order valence-electron chi connectivity index (χ0n) is 14.7. The van der Waals surface area contributed by atoms with Crippen LogP contribution in [0.5, 0.6) is 11.5 Å². The van der Waals surface area contributed by atoms with E-state index in [0.29, 0.717) is 23.1 Å². The molecule has 7 nitrogen and oxygen atoms in total. The normalized spacial score (nSPS) is 11.2. The van der Waals surface area contributed by atoms with Crippen LogP contribution >= 0.6 is 11.6 Å². The highest BCUT2D eigenvalue weighted by Gasteiger charge is 2.18. The van der Waals surface area contributed by atoms with Crippen LogP contribution in [0.4, 0.5) is 5.82 Å². The van der Waals surface area contributed by atoms with Gasteiger partial charge < -0.3 is 9.47 Å². The van der Waals surface area contributed by atoms with Crippen molar-refractivity contribution in [3.8, 4) is 11.5 Å². The molecule has 3 rings (SSSR count). The molecule has 0 unspecified atom stereocenters. The zero-order chi connectivity index (χ0) is 19.4. The van der Waals surface area contributed by atoms with Crippen LogP contribution in [0.15, 0.2) is 59.6 Å².